The van der Waals surface area contributed by atoms with Crippen LogP contribution in [0.3, 0.4) is 0 Å². The number of aryl methyl sites for hydroxylation is 1. The molecule has 0 radical (unpaired) electrons. The predicted octanol–water partition coefficient (Wildman–Crippen LogP) is 4.61. The summed E-state index contributed by atoms with van der Waals surface area (Å²) in [6.45, 7) is 0. The lowest BCUT2D eigenvalue weighted by Gasteiger charge is -2.12. The van der Waals surface area contributed by atoms with E-state index in [1.165, 1.54) is 12.3 Å². The molecular weight excluding hydrogens is 382 g/mol. The molecule has 2 amide bonds. The van der Waals surface area contributed by atoms with E-state index in [1.54, 1.807) is 12.1 Å². The molecule has 7 nitrogen and oxygen atoms in total. The number of hydrogen-bond donors (Lipinski definition) is 3. The van der Waals surface area contributed by atoms with Gasteiger partial charge in [0.05, 0.1) is 17.6 Å². The maximum absolute atomic E-state index is 12.1. The average molecular weight is 403 g/mol. The van der Waals surface area contributed by atoms with Crippen LogP contribution in [-0.4, -0.2) is 28.4 Å². The minimum Gasteiger partial charge on any atom is -0.465 e. The molecule has 0 aliphatic heterocycles. The molecule has 3 aromatic rings. The first kappa shape index (κ1) is 20.7. The molecule has 3 N–H and O–H groups in total. The molecule has 3 rings (SSSR count). The lowest BCUT2D eigenvalue weighted by molar-refractivity contribution is -0.116. The average Bonchev–Trinajstić information content (AvgIpc) is 2.75. The second kappa shape index (κ2) is 9.97. The van der Waals surface area contributed by atoms with Crippen LogP contribution in [0.5, 0.6) is 0 Å². The van der Waals surface area contributed by atoms with Crippen molar-refractivity contribution in [3.63, 3.8) is 0 Å². The second-order valence-electron chi connectivity index (χ2n) is 6.67. The van der Waals surface area contributed by atoms with Crippen LogP contribution in [0.15, 0.2) is 66.9 Å². The summed E-state index contributed by atoms with van der Waals surface area (Å²) in [4.78, 5) is 37.8. The maximum Gasteiger partial charge on any atom is 0.409 e. The quantitative estimate of drug-likeness (QED) is 0.476. The third-order valence-electron chi connectivity index (χ3n) is 4.47. The van der Waals surface area contributed by atoms with Gasteiger partial charge in [0.15, 0.2) is 6.29 Å². The number of amides is 2. The molecule has 0 saturated heterocycles. The molecule has 0 spiro atoms. The Morgan fingerprint density at radius 1 is 1.00 bits per heavy atom. The van der Waals surface area contributed by atoms with Crippen molar-refractivity contribution in [1.29, 1.82) is 0 Å². The van der Waals surface area contributed by atoms with Gasteiger partial charge in [-0.15, -0.1) is 0 Å². The summed E-state index contributed by atoms with van der Waals surface area (Å²) in [5.41, 5.74) is 4.00. The van der Waals surface area contributed by atoms with Crippen LogP contribution in [0.25, 0.3) is 11.1 Å². The van der Waals surface area contributed by atoms with E-state index in [1.807, 2.05) is 42.5 Å². The van der Waals surface area contributed by atoms with Crippen LogP contribution in [0, 0.1) is 0 Å². The summed E-state index contributed by atoms with van der Waals surface area (Å²) in [6.07, 6.45) is 2.48. The number of rotatable bonds is 8. The normalized spacial score (nSPS) is 10.3. The van der Waals surface area contributed by atoms with Gasteiger partial charge in [0.25, 0.3) is 0 Å². The van der Waals surface area contributed by atoms with Crippen molar-refractivity contribution in [2.75, 3.05) is 10.6 Å². The summed E-state index contributed by atoms with van der Waals surface area (Å²) >= 11 is 0. The number of nitrogens with zero attached hydrogens (tertiary/aromatic N) is 1. The molecule has 0 aliphatic rings. The van der Waals surface area contributed by atoms with Crippen LogP contribution >= 0.6 is 0 Å². The van der Waals surface area contributed by atoms with Gasteiger partial charge >= 0.3 is 6.09 Å². The van der Waals surface area contributed by atoms with Crippen molar-refractivity contribution >= 4 is 29.7 Å². The number of benzene rings is 2. The Morgan fingerprint density at radius 2 is 1.80 bits per heavy atom. The van der Waals surface area contributed by atoms with E-state index in [0.29, 0.717) is 42.6 Å². The number of anilines is 2. The molecule has 7 heteroatoms. The van der Waals surface area contributed by atoms with E-state index >= 15 is 0 Å². The number of pyridine rings is 1. The molecule has 0 bridgehead atoms. The van der Waals surface area contributed by atoms with Crippen molar-refractivity contribution in [3.8, 4) is 11.1 Å². The number of nitrogens with one attached hydrogen (secondary N) is 2. The van der Waals surface area contributed by atoms with Gasteiger partial charge in [-0.05, 0) is 42.2 Å². The fourth-order valence-electron chi connectivity index (χ4n) is 3.06. The van der Waals surface area contributed by atoms with E-state index in [-0.39, 0.29) is 5.91 Å². The second-order valence-corrected chi connectivity index (χ2v) is 6.67. The molecule has 0 fully saturated rings. The minimum atomic E-state index is -1.13. The highest BCUT2D eigenvalue weighted by atomic mass is 16.4. The SMILES string of the molecule is O=Cc1ccc(NC(=O)CCCc2ccc(-c3ccccc3)c(NC(=O)O)c2)cn1. The van der Waals surface area contributed by atoms with Crippen molar-refractivity contribution in [2.24, 2.45) is 0 Å². The van der Waals surface area contributed by atoms with Gasteiger partial charge in [0.2, 0.25) is 5.91 Å². The molecule has 2 aromatic carbocycles. The predicted molar refractivity (Wildman–Crippen MR) is 115 cm³/mol. The molecule has 0 unspecified atom stereocenters. The summed E-state index contributed by atoms with van der Waals surface area (Å²) in [5, 5.41) is 14.4. The fourth-order valence-corrected chi connectivity index (χ4v) is 3.06. The van der Waals surface area contributed by atoms with Gasteiger partial charge < -0.3 is 10.4 Å². The highest BCUT2D eigenvalue weighted by molar-refractivity contribution is 5.91. The standard InChI is InChI=1S/C23H21N3O4/c27-15-19-11-10-18(14-24-19)25-22(28)8-4-5-16-9-12-20(17-6-2-1-3-7-17)21(13-16)26-23(29)30/h1-3,6-7,9-15,26H,4-5,8H2,(H,25,28)(H,29,30). The molecule has 1 aromatic heterocycles. The first-order chi connectivity index (χ1) is 14.5. The monoisotopic (exact) mass is 403 g/mol. The van der Waals surface area contributed by atoms with Gasteiger partial charge in [-0.2, -0.15) is 0 Å². The minimum absolute atomic E-state index is 0.152. The van der Waals surface area contributed by atoms with Gasteiger partial charge in [0.1, 0.15) is 5.69 Å². The van der Waals surface area contributed by atoms with E-state index in [4.69, 9.17) is 5.11 Å². The van der Waals surface area contributed by atoms with E-state index in [9.17, 15) is 14.4 Å². The number of carbonyl (C=O) groups is 3. The van der Waals surface area contributed by atoms with Crippen molar-refractivity contribution in [1.82, 2.24) is 4.98 Å². The molecule has 0 saturated carbocycles. The molecular formula is C23H21N3O4. The largest absolute Gasteiger partial charge is 0.465 e. The van der Waals surface area contributed by atoms with Gasteiger partial charge in [-0.25, -0.2) is 4.79 Å². The molecule has 0 aliphatic carbocycles. The molecule has 152 valence electrons. The Kier molecular flexibility index (Phi) is 6.89. The molecule has 0 atom stereocenters. The Balaban J connectivity index is 1.61. The highest BCUT2D eigenvalue weighted by Crippen LogP contribution is 2.29. The zero-order valence-electron chi connectivity index (χ0n) is 16.2. The lowest BCUT2D eigenvalue weighted by atomic mass is 9.99. The van der Waals surface area contributed by atoms with Gasteiger partial charge in [0, 0.05) is 12.0 Å². The Bertz CT molecular complexity index is 1030. The van der Waals surface area contributed by atoms with E-state index in [2.05, 4.69) is 15.6 Å². The summed E-state index contributed by atoms with van der Waals surface area (Å²) in [6, 6.07) is 18.3. The highest BCUT2D eigenvalue weighted by Gasteiger charge is 2.10. The maximum atomic E-state index is 12.1. The van der Waals surface area contributed by atoms with Crippen LogP contribution in [0.4, 0.5) is 16.2 Å². The van der Waals surface area contributed by atoms with Crippen LogP contribution in [0.1, 0.15) is 28.9 Å². The van der Waals surface area contributed by atoms with Crippen LogP contribution in [-0.2, 0) is 11.2 Å². The van der Waals surface area contributed by atoms with Gasteiger partial charge in [-0.1, -0.05) is 42.5 Å². The molecule has 30 heavy (non-hydrogen) atoms. The number of hydrogen-bond acceptors (Lipinski definition) is 4. The first-order valence-corrected chi connectivity index (χ1v) is 9.44. The van der Waals surface area contributed by atoms with Crippen molar-refractivity contribution in [3.05, 3.63) is 78.1 Å². The number of carboxylic acid groups (broad SMARTS) is 1. The molecule has 1 heterocycles. The summed E-state index contributed by atoms with van der Waals surface area (Å²) < 4.78 is 0. The lowest BCUT2D eigenvalue weighted by Crippen LogP contribution is -2.12. The Morgan fingerprint density at radius 3 is 2.47 bits per heavy atom. The van der Waals surface area contributed by atoms with Gasteiger partial charge in [-0.3, -0.25) is 19.9 Å². The topological polar surface area (TPSA) is 108 Å². The Hall–Kier alpha value is -4.00. The summed E-state index contributed by atoms with van der Waals surface area (Å²) in [7, 11) is 0. The third kappa shape index (κ3) is 5.75. The van der Waals surface area contributed by atoms with Crippen LogP contribution in [0.2, 0.25) is 0 Å². The zero-order valence-corrected chi connectivity index (χ0v) is 16.2. The summed E-state index contributed by atoms with van der Waals surface area (Å²) in [5.74, 6) is -0.152. The van der Waals surface area contributed by atoms with E-state index in [0.717, 1.165) is 16.7 Å². The number of carbonyl (C=O) groups excluding carboxylic acids is 2. The first-order valence-electron chi connectivity index (χ1n) is 9.44. The Labute approximate surface area is 173 Å². The third-order valence-corrected chi connectivity index (χ3v) is 4.47. The fraction of sp³-hybridized carbons (Fsp3) is 0.130. The van der Waals surface area contributed by atoms with Crippen LogP contribution < -0.4 is 10.6 Å². The number of aromatic nitrogens is 1. The zero-order chi connectivity index (χ0) is 21.3. The van der Waals surface area contributed by atoms with Crippen molar-refractivity contribution in [2.45, 2.75) is 19.3 Å². The number of aldehydes is 1. The van der Waals surface area contributed by atoms with Crippen molar-refractivity contribution < 1.29 is 19.5 Å². The smallest absolute Gasteiger partial charge is 0.409 e. The van der Waals surface area contributed by atoms with E-state index < -0.39 is 6.09 Å².